The van der Waals surface area contributed by atoms with E-state index in [9.17, 15) is 19.7 Å². The molecule has 144 valence electrons. The van der Waals surface area contributed by atoms with Crippen LogP contribution in [0.1, 0.15) is 17.2 Å². The Balaban J connectivity index is 2.34. The van der Waals surface area contributed by atoms with Crippen molar-refractivity contribution in [1.29, 1.82) is 0 Å². The van der Waals surface area contributed by atoms with Gasteiger partial charge in [-0.2, -0.15) is 0 Å². The highest BCUT2D eigenvalue weighted by Crippen LogP contribution is 2.60. The molecule has 2 aliphatic heterocycles. The monoisotopic (exact) mass is 379 g/mol. The molecule has 1 aromatic carbocycles. The van der Waals surface area contributed by atoms with E-state index < -0.39 is 35.1 Å². The minimum absolute atomic E-state index is 0.120. The third kappa shape index (κ3) is 2.52. The van der Waals surface area contributed by atoms with Crippen molar-refractivity contribution in [2.75, 3.05) is 35.0 Å². The van der Waals surface area contributed by atoms with E-state index in [4.69, 9.17) is 23.7 Å². The lowest BCUT2D eigenvalue weighted by molar-refractivity contribution is -0.500. The van der Waals surface area contributed by atoms with Crippen molar-refractivity contribution in [3.8, 4) is 11.5 Å². The minimum Gasteiger partial charge on any atom is -0.493 e. The summed E-state index contributed by atoms with van der Waals surface area (Å²) < 4.78 is 25.9. The summed E-state index contributed by atoms with van der Waals surface area (Å²) in [5.41, 5.74) is -1.35. The second-order valence-corrected chi connectivity index (χ2v) is 5.88. The van der Waals surface area contributed by atoms with Gasteiger partial charge in [0.2, 0.25) is 6.54 Å². The molecule has 2 atom stereocenters. The van der Waals surface area contributed by atoms with Gasteiger partial charge in [-0.05, 0) is 17.7 Å². The van der Waals surface area contributed by atoms with Crippen molar-refractivity contribution in [2.24, 2.45) is 0 Å². The Hall–Kier alpha value is -3.14. The summed E-state index contributed by atoms with van der Waals surface area (Å²) in [5.74, 6) is -1.07. The van der Waals surface area contributed by atoms with Crippen molar-refractivity contribution in [2.45, 2.75) is 11.7 Å². The van der Waals surface area contributed by atoms with E-state index in [0.29, 0.717) is 22.6 Å². The lowest BCUT2D eigenvalue weighted by atomic mass is 9.77. The van der Waals surface area contributed by atoms with Crippen LogP contribution in [-0.4, -0.2) is 51.8 Å². The third-order valence-corrected chi connectivity index (χ3v) is 4.67. The Bertz CT molecular complexity index is 875. The highest BCUT2D eigenvalue weighted by atomic mass is 16.6. The number of nitro groups is 1. The first-order chi connectivity index (χ1) is 12.8. The molecule has 0 spiro atoms. The van der Waals surface area contributed by atoms with Crippen LogP contribution in [0, 0.1) is 10.1 Å². The number of fused-ring (bicyclic) bond motifs is 5. The van der Waals surface area contributed by atoms with E-state index in [1.165, 1.54) is 20.3 Å². The second kappa shape index (κ2) is 6.54. The van der Waals surface area contributed by atoms with Gasteiger partial charge in [0.1, 0.15) is 6.10 Å². The summed E-state index contributed by atoms with van der Waals surface area (Å²) in [5, 5.41) is 11.4. The van der Waals surface area contributed by atoms with Gasteiger partial charge >= 0.3 is 11.9 Å². The number of benzene rings is 1. The van der Waals surface area contributed by atoms with Gasteiger partial charge in [-0.1, -0.05) is 0 Å². The van der Waals surface area contributed by atoms with Gasteiger partial charge in [0.15, 0.2) is 17.1 Å². The van der Waals surface area contributed by atoms with E-state index in [0.717, 1.165) is 14.2 Å². The molecule has 0 aromatic heterocycles. The average molecular weight is 379 g/mol. The van der Waals surface area contributed by atoms with E-state index >= 15 is 0 Å². The molecule has 2 unspecified atom stereocenters. The molecular formula is C17H17NO9. The van der Waals surface area contributed by atoms with Gasteiger partial charge in [0.05, 0.1) is 39.6 Å². The molecule has 2 bridgehead atoms. The first-order valence-corrected chi connectivity index (χ1v) is 7.81. The first kappa shape index (κ1) is 18.6. The zero-order valence-electron chi connectivity index (χ0n) is 15.1. The summed E-state index contributed by atoms with van der Waals surface area (Å²) in [6.07, 6.45) is -1.03. The molecule has 10 heteroatoms. The van der Waals surface area contributed by atoms with Crippen molar-refractivity contribution in [1.82, 2.24) is 0 Å². The SMILES string of the molecule is COC(=O)C1=C(C(=O)OC)C2(C[N+](=O)[O-])OC1c1cc(OC)c(OC)cc12. The van der Waals surface area contributed by atoms with Crippen LogP contribution < -0.4 is 9.47 Å². The number of rotatable bonds is 6. The maximum Gasteiger partial charge on any atom is 0.337 e. The number of esters is 2. The zero-order valence-corrected chi connectivity index (χ0v) is 15.1. The Labute approximate surface area is 153 Å². The number of hydrogen-bond donors (Lipinski definition) is 0. The Morgan fingerprint density at radius 2 is 1.70 bits per heavy atom. The van der Waals surface area contributed by atoms with Gasteiger partial charge in [-0.3, -0.25) is 10.1 Å². The second-order valence-electron chi connectivity index (χ2n) is 5.88. The summed E-state index contributed by atoms with van der Waals surface area (Å²) >= 11 is 0. The summed E-state index contributed by atoms with van der Waals surface area (Å²) in [7, 11) is 5.11. The van der Waals surface area contributed by atoms with Crippen LogP contribution in [0.3, 0.4) is 0 Å². The van der Waals surface area contributed by atoms with E-state index in [2.05, 4.69) is 0 Å². The van der Waals surface area contributed by atoms with Crippen molar-refractivity contribution >= 4 is 11.9 Å². The molecule has 0 fully saturated rings. The largest absolute Gasteiger partial charge is 0.493 e. The van der Waals surface area contributed by atoms with Crippen LogP contribution in [0.2, 0.25) is 0 Å². The molecule has 3 rings (SSSR count). The highest BCUT2D eigenvalue weighted by molar-refractivity contribution is 6.05. The smallest absolute Gasteiger partial charge is 0.337 e. The number of methoxy groups -OCH3 is 4. The van der Waals surface area contributed by atoms with E-state index in [1.807, 2.05) is 0 Å². The molecule has 0 N–H and O–H groups in total. The summed E-state index contributed by atoms with van der Waals surface area (Å²) in [6.45, 7) is -0.781. The minimum atomic E-state index is -1.79. The fraction of sp³-hybridized carbons (Fsp3) is 0.412. The number of carbonyl (C=O) groups excluding carboxylic acids is 2. The molecule has 0 saturated heterocycles. The quantitative estimate of drug-likeness (QED) is 0.403. The maximum absolute atomic E-state index is 12.5. The van der Waals surface area contributed by atoms with Crippen molar-refractivity contribution < 1.29 is 38.2 Å². The molecule has 0 radical (unpaired) electrons. The average Bonchev–Trinajstić information content (AvgIpc) is 3.15. The van der Waals surface area contributed by atoms with Gasteiger partial charge in [-0.15, -0.1) is 0 Å². The first-order valence-electron chi connectivity index (χ1n) is 7.81. The lowest BCUT2D eigenvalue weighted by Gasteiger charge is -2.26. The van der Waals surface area contributed by atoms with E-state index in [-0.39, 0.29) is 11.1 Å². The molecule has 1 aromatic rings. The number of nitrogens with zero attached hydrogens (tertiary/aromatic N) is 1. The lowest BCUT2D eigenvalue weighted by Crippen LogP contribution is -2.38. The molecule has 0 saturated carbocycles. The molecular weight excluding hydrogens is 362 g/mol. The van der Waals surface area contributed by atoms with Gasteiger partial charge in [0, 0.05) is 10.5 Å². The Morgan fingerprint density at radius 3 is 2.22 bits per heavy atom. The van der Waals surface area contributed by atoms with Crippen LogP contribution in [-0.2, 0) is 29.4 Å². The highest BCUT2D eigenvalue weighted by Gasteiger charge is 2.63. The molecule has 2 heterocycles. The Kier molecular flexibility index (Phi) is 4.52. The molecule has 10 nitrogen and oxygen atoms in total. The number of ether oxygens (including phenoxy) is 5. The van der Waals surface area contributed by atoms with Crippen LogP contribution in [0.15, 0.2) is 23.3 Å². The third-order valence-electron chi connectivity index (χ3n) is 4.67. The predicted molar refractivity (Wildman–Crippen MR) is 88.0 cm³/mol. The van der Waals surface area contributed by atoms with Crippen LogP contribution in [0.25, 0.3) is 0 Å². The molecule has 0 aliphatic carbocycles. The fourth-order valence-corrected chi connectivity index (χ4v) is 3.63. The van der Waals surface area contributed by atoms with Crippen molar-refractivity contribution in [3.63, 3.8) is 0 Å². The zero-order chi connectivity index (χ0) is 19.9. The molecule has 0 amide bonds. The topological polar surface area (TPSA) is 123 Å². The predicted octanol–water partition coefficient (Wildman–Crippen LogP) is 0.903. The summed E-state index contributed by atoms with van der Waals surface area (Å²) in [4.78, 5) is 35.6. The number of carbonyl (C=O) groups is 2. The van der Waals surface area contributed by atoms with Crippen LogP contribution >= 0.6 is 0 Å². The molecule has 2 aliphatic rings. The van der Waals surface area contributed by atoms with Gasteiger partial charge in [-0.25, -0.2) is 9.59 Å². The van der Waals surface area contributed by atoms with Crippen LogP contribution in [0.4, 0.5) is 0 Å². The standard InChI is InChI=1S/C17H17NO9/c1-23-10-5-8-9(6-11(10)24-2)17(7-18(21)22)13(16(20)26-4)12(14(8)27-17)15(19)25-3/h5-6,14H,7H2,1-4H3. The number of hydrogen-bond acceptors (Lipinski definition) is 9. The van der Waals surface area contributed by atoms with Gasteiger partial charge in [0.25, 0.3) is 0 Å². The maximum atomic E-state index is 12.5. The van der Waals surface area contributed by atoms with Gasteiger partial charge < -0.3 is 23.7 Å². The molecule has 27 heavy (non-hydrogen) atoms. The van der Waals surface area contributed by atoms with Crippen LogP contribution in [0.5, 0.6) is 11.5 Å². The normalized spacial score (nSPS) is 22.3. The summed E-state index contributed by atoms with van der Waals surface area (Å²) in [6, 6.07) is 3.08. The fourth-order valence-electron chi connectivity index (χ4n) is 3.63. The Morgan fingerprint density at radius 1 is 1.11 bits per heavy atom. The van der Waals surface area contributed by atoms with Crippen molar-refractivity contribution in [3.05, 3.63) is 44.5 Å². The van der Waals surface area contributed by atoms with E-state index in [1.54, 1.807) is 6.07 Å².